The summed E-state index contributed by atoms with van der Waals surface area (Å²) in [5, 5.41) is 2.50. The maximum Gasteiger partial charge on any atom is 0.264 e. The van der Waals surface area contributed by atoms with Crippen LogP contribution in [0, 0.1) is 5.82 Å². The quantitative estimate of drug-likeness (QED) is 0.673. The molecule has 3 rings (SSSR count). The fourth-order valence-electron chi connectivity index (χ4n) is 2.75. The molecule has 0 aromatic heterocycles. The highest BCUT2D eigenvalue weighted by Crippen LogP contribution is 2.24. The number of benzene rings is 3. The Morgan fingerprint density at radius 2 is 1.54 bits per heavy atom. The first-order chi connectivity index (χ1) is 13.4. The molecule has 0 fully saturated rings. The van der Waals surface area contributed by atoms with Gasteiger partial charge in [-0.25, -0.2) is 12.8 Å². The van der Waals surface area contributed by atoms with Gasteiger partial charge in [-0.2, -0.15) is 0 Å². The number of carbonyl (C=O) groups is 1. The molecule has 0 radical (unpaired) electrons. The van der Waals surface area contributed by atoms with E-state index < -0.39 is 21.7 Å². The molecule has 0 aliphatic rings. The van der Waals surface area contributed by atoms with Gasteiger partial charge in [0.05, 0.1) is 16.3 Å². The summed E-state index contributed by atoms with van der Waals surface area (Å²) in [6, 6.07) is 20.2. The van der Waals surface area contributed by atoms with Crippen LogP contribution in [-0.4, -0.2) is 20.9 Å². The second-order valence-corrected chi connectivity index (χ2v) is 7.83. The second-order valence-electron chi connectivity index (χ2n) is 5.96. The third-order valence-electron chi connectivity index (χ3n) is 4.16. The molecule has 3 aromatic carbocycles. The van der Waals surface area contributed by atoms with Crippen LogP contribution in [0.5, 0.6) is 0 Å². The van der Waals surface area contributed by atoms with Gasteiger partial charge >= 0.3 is 0 Å². The van der Waals surface area contributed by atoms with Crippen molar-refractivity contribution in [1.29, 1.82) is 0 Å². The molecule has 0 unspecified atom stereocenters. The normalized spacial score (nSPS) is 11.1. The Hall–Kier alpha value is -3.19. The van der Waals surface area contributed by atoms with Crippen molar-refractivity contribution in [3.05, 3.63) is 90.2 Å². The van der Waals surface area contributed by atoms with Gasteiger partial charge in [-0.1, -0.05) is 30.3 Å². The fourth-order valence-corrected chi connectivity index (χ4v) is 4.24. The number of nitrogens with zero attached hydrogens (tertiary/aromatic N) is 1. The van der Waals surface area contributed by atoms with Crippen LogP contribution in [0.3, 0.4) is 0 Å². The van der Waals surface area contributed by atoms with Crippen molar-refractivity contribution in [3.8, 4) is 0 Å². The van der Waals surface area contributed by atoms with Gasteiger partial charge in [0.1, 0.15) is 5.82 Å². The molecule has 28 heavy (non-hydrogen) atoms. The molecule has 0 spiro atoms. The third-order valence-corrected chi connectivity index (χ3v) is 6.08. The minimum Gasteiger partial charge on any atom is -0.319 e. The summed E-state index contributed by atoms with van der Waals surface area (Å²) in [7, 11) is -3.71. The van der Waals surface area contributed by atoms with Gasteiger partial charge in [0.25, 0.3) is 15.9 Å². The highest BCUT2D eigenvalue weighted by atomic mass is 32.2. The van der Waals surface area contributed by atoms with Crippen molar-refractivity contribution in [2.24, 2.45) is 0 Å². The van der Waals surface area contributed by atoms with E-state index in [2.05, 4.69) is 5.32 Å². The summed E-state index contributed by atoms with van der Waals surface area (Å²) in [5.74, 6) is -1.01. The Morgan fingerprint density at radius 3 is 2.14 bits per heavy atom. The van der Waals surface area contributed by atoms with E-state index in [1.807, 2.05) is 0 Å². The fraction of sp³-hybridized carbons (Fsp3) is 0.0952. The van der Waals surface area contributed by atoms with Gasteiger partial charge in [0.2, 0.25) is 0 Å². The van der Waals surface area contributed by atoms with Crippen LogP contribution in [0.2, 0.25) is 0 Å². The Balaban J connectivity index is 1.83. The first-order valence-corrected chi connectivity index (χ1v) is 10.1. The number of hydrogen-bond acceptors (Lipinski definition) is 3. The van der Waals surface area contributed by atoms with Crippen molar-refractivity contribution in [2.45, 2.75) is 11.8 Å². The van der Waals surface area contributed by atoms with Crippen molar-refractivity contribution < 1.29 is 17.6 Å². The van der Waals surface area contributed by atoms with Gasteiger partial charge in [-0.15, -0.1) is 0 Å². The van der Waals surface area contributed by atoms with Gasteiger partial charge in [0, 0.05) is 12.1 Å². The van der Waals surface area contributed by atoms with Crippen LogP contribution in [0.25, 0.3) is 0 Å². The van der Waals surface area contributed by atoms with E-state index in [9.17, 15) is 17.6 Å². The topological polar surface area (TPSA) is 66.5 Å². The molecule has 0 saturated carbocycles. The number of amides is 1. The Kier molecular flexibility index (Phi) is 5.75. The lowest BCUT2D eigenvalue weighted by atomic mass is 10.2. The molecule has 0 atom stereocenters. The smallest absolute Gasteiger partial charge is 0.264 e. The highest BCUT2D eigenvalue weighted by Gasteiger charge is 2.23. The number of hydrogen-bond donors (Lipinski definition) is 1. The van der Waals surface area contributed by atoms with Crippen LogP contribution in [0.4, 0.5) is 15.8 Å². The van der Waals surface area contributed by atoms with Gasteiger partial charge < -0.3 is 5.32 Å². The number of carbonyl (C=O) groups excluding carboxylic acids is 1. The van der Waals surface area contributed by atoms with E-state index in [1.165, 1.54) is 46.8 Å². The predicted octanol–water partition coefficient (Wildman–Crippen LogP) is 4.29. The lowest BCUT2D eigenvalue weighted by molar-refractivity contribution is 0.102. The summed E-state index contributed by atoms with van der Waals surface area (Å²) < 4.78 is 40.7. The van der Waals surface area contributed by atoms with Crippen molar-refractivity contribution in [2.75, 3.05) is 16.2 Å². The molecule has 0 aliphatic carbocycles. The Morgan fingerprint density at radius 1 is 0.929 bits per heavy atom. The lowest BCUT2D eigenvalue weighted by Crippen LogP contribution is -2.30. The number of anilines is 2. The maximum absolute atomic E-state index is 13.7. The third kappa shape index (κ3) is 4.04. The number of para-hydroxylation sites is 1. The second kappa shape index (κ2) is 8.22. The number of rotatable bonds is 6. The summed E-state index contributed by atoms with van der Waals surface area (Å²) in [4.78, 5) is 12.5. The lowest BCUT2D eigenvalue weighted by Gasteiger charge is -2.23. The van der Waals surface area contributed by atoms with Crippen molar-refractivity contribution in [3.63, 3.8) is 0 Å². The SMILES string of the molecule is CCN(c1ccc(C(=O)Nc2ccccc2F)cc1)S(=O)(=O)c1ccccc1. The van der Waals surface area contributed by atoms with E-state index in [0.717, 1.165) is 0 Å². The van der Waals surface area contributed by atoms with E-state index >= 15 is 0 Å². The van der Waals surface area contributed by atoms with E-state index in [-0.39, 0.29) is 17.1 Å². The highest BCUT2D eigenvalue weighted by molar-refractivity contribution is 7.92. The molecule has 0 saturated heterocycles. The molecular weight excluding hydrogens is 379 g/mol. The summed E-state index contributed by atoms with van der Waals surface area (Å²) >= 11 is 0. The number of sulfonamides is 1. The number of halogens is 1. The Labute approximate surface area is 163 Å². The number of nitrogens with one attached hydrogen (secondary N) is 1. The van der Waals surface area contributed by atoms with Crippen molar-refractivity contribution in [1.82, 2.24) is 0 Å². The zero-order chi connectivity index (χ0) is 20.1. The Bertz CT molecular complexity index is 1070. The molecule has 7 heteroatoms. The first kappa shape index (κ1) is 19.6. The van der Waals surface area contributed by atoms with Gasteiger partial charge in [-0.05, 0) is 55.5 Å². The summed E-state index contributed by atoms with van der Waals surface area (Å²) in [6.07, 6.45) is 0. The largest absolute Gasteiger partial charge is 0.319 e. The molecule has 0 bridgehead atoms. The van der Waals surface area contributed by atoms with Crippen LogP contribution < -0.4 is 9.62 Å². The zero-order valence-corrected chi connectivity index (χ0v) is 16.0. The molecule has 1 N–H and O–H groups in total. The predicted molar refractivity (Wildman–Crippen MR) is 107 cm³/mol. The van der Waals surface area contributed by atoms with Gasteiger partial charge in [0.15, 0.2) is 0 Å². The minimum absolute atomic E-state index is 0.0819. The molecule has 0 aliphatic heterocycles. The minimum atomic E-state index is -3.71. The van der Waals surface area contributed by atoms with Crippen molar-refractivity contribution >= 4 is 27.3 Å². The monoisotopic (exact) mass is 398 g/mol. The molecule has 5 nitrogen and oxygen atoms in total. The molecule has 1 amide bonds. The molecule has 0 heterocycles. The van der Waals surface area contributed by atoms with Gasteiger partial charge in [-0.3, -0.25) is 9.10 Å². The van der Waals surface area contributed by atoms with Crippen LogP contribution in [-0.2, 0) is 10.0 Å². The van der Waals surface area contributed by atoms with Crippen LogP contribution in [0.15, 0.2) is 83.8 Å². The summed E-state index contributed by atoms with van der Waals surface area (Å²) in [6.45, 7) is 1.97. The first-order valence-electron chi connectivity index (χ1n) is 8.67. The molecule has 3 aromatic rings. The maximum atomic E-state index is 13.7. The van der Waals surface area contributed by atoms with E-state index in [1.54, 1.807) is 43.3 Å². The zero-order valence-electron chi connectivity index (χ0n) is 15.2. The average molecular weight is 398 g/mol. The standard InChI is InChI=1S/C21H19FN2O3S/c1-2-24(28(26,27)18-8-4-3-5-9-18)17-14-12-16(13-15-17)21(25)23-20-11-7-6-10-19(20)22/h3-15H,2H2,1H3,(H,23,25). The average Bonchev–Trinajstić information content (AvgIpc) is 2.71. The van der Waals surface area contributed by atoms with E-state index in [0.29, 0.717) is 11.3 Å². The summed E-state index contributed by atoms with van der Waals surface area (Å²) in [5.41, 5.74) is 0.812. The molecular formula is C21H19FN2O3S. The molecule has 144 valence electrons. The van der Waals surface area contributed by atoms with Crippen LogP contribution in [0.1, 0.15) is 17.3 Å². The van der Waals surface area contributed by atoms with E-state index in [4.69, 9.17) is 0 Å². The van der Waals surface area contributed by atoms with Crippen LogP contribution >= 0.6 is 0 Å².